The number of aromatic nitrogens is 2. The number of ether oxygens (including phenoxy) is 1. The van der Waals surface area contributed by atoms with Crippen molar-refractivity contribution in [3.05, 3.63) is 54.4 Å². The second-order valence-electron chi connectivity index (χ2n) is 5.39. The van der Waals surface area contributed by atoms with E-state index in [0.29, 0.717) is 26.2 Å². The van der Waals surface area contributed by atoms with Crippen LogP contribution in [0.5, 0.6) is 0 Å². The van der Waals surface area contributed by atoms with Crippen LogP contribution >= 0.6 is 24.8 Å². The monoisotopic (exact) mass is 372 g/mol. The minimum atomic E-state index is -0.621. The van der Waals surface area contributed by atoms with Gasteiger partial charge in [0.05, 0.1) is 19.3 Å². The highest BCUT2D eigenvalue weighted by atomic mass is 35.5. The number of morpholine rings is 1. The van der Waals surface area contributed by atoms with Crippen LogP contribution in [0.1, 0.15) is 11.6 Å². The summed E-state index contributed by atoms with van der Waals surface area (Å²) in [6.45, 7) is 2.28. The van der Waals surface area contributed by atoms with E-state index < -0.39 is 6.04 Å². The molecule has 0 saturated carbocycles. The molecule has 1 aromatic heterocycles. The van der Waals surface area contributed by atoms with Gasteiger partial charge in [-0.3, -0.25) is 9.48 Å². The molecule has 2 heterocycles. The number of benzene rings is 1. The highest BCUT2D eigenvalue weighted by Gasteiger charge is 2.28. The van der Waals surface area contributed by atoms with E-state index in [1.807, 2.05) is 47.3 Å². The highest BCUT2D eigenvalue weighted by Crippen LogP contribution is 2.16. The zero-order valence-electron chi connectivity index (χ0n) is 13.2. The van der Waals surface area contributed by atoms with Crippen LogP contribution in [0.15, 0.2) is 48.8 Å². The largest absolute Gasteiger partial charge is 0.373 e. The minimum absolute atomic E-state index is 0. The molecule has 1 aliphatic rings. The van der Waals surface area contributed by atoms with Crippen molar-refractivity contribution in [2.45, 2.75) is 18.7 Å². The van der Waals surface area contributed by atoms with Crippen molar-refractivity contribution < 1.29 is 9.53 Å². The summed E-state index contributed by atoms with van der Waals surface area (Å²) in [7, 11) is 0. The Hall–Kier alpha value is -1.60. The summed E-state index contributed by atoms with van der Waals surface area (Å²) in [6, 6.07) is 10.7. The maximum Gasteiger partial charge on any atom is 0.244 e. The maximum absolute atomic E-state index is 12.6. The Labute approximate surface area is 153 Å². The zero-order chi connectivity index (χ0) is 15.4. The van der Waals surface area contributed by atoms with E-state index in [4.69, 9.17) is 10.5 Å². The average molecular weight is 373 g/mol. The first-order valence-electron chi connectivity index (χ1n) is 7.42. The molecule has 0 bridgehead atoms. The molecule has 24 heavy (non-hydrogen) atoms. The van der Waals surface area contributed by atoms with Gasteiger partial charge in [0.2, 0.25) is 5.91 Å². The number of nitrogens with zero attached hydrogens (tertiary/aromatic N) is 3. The van der Waals surface area contributed by atoms with Crippen LogP contribution in [0.4, 0.5) is 0 Å². The van der Waals surface area contributed by atoms with Crippen LogP contribution < -0.4 is 5.73 Å². The Balaban J connectivity index is 0.00000144. The second-order valence-corrected chi connectivity index (χ2v) is 5.39. The number of halogens is 2. The molecular formula is C16H22Cl2N4O2. The van der Waals surface area contributed by atoms with Crippen molar-refractivity contribution in [1.82, 2.24) is 14.7 Å². The summed E-state index contributed by atoms with van der Waals surface area (Å²) in [5, 5.41) is 4.17. The van der Waals surface area contributed by atoms with Gasteiger partial charge in [-0.05, 0) is 11.6 Å². The van der Waals surface area contributed by atoms with E-state index in [9.17, 15) is 4.79 Å². The van der Waals surface area contributed by atoms with Gasteiger partial charge in [0, 0.05) is 25.5 Å². The van der Waals surface area contributed by atoms with E-state index in [1.165, 1.54) is 0 Å². The van der Waals surface area contributed by atoms with Gasteiger partial charge >= 0.3 is 0 Å². The van der Waals surface area contributed by atoms with Gasteiger partial charge in [-0.15, -0.1) is 24.8 Å². The molecule has 1 aliphatic heterocycles. The molecule has 2 unspecified atom stereocenters. The van der Waals surface area contributed by atoms with Crippen molar-refractivity contribution in [1.29, 1.82) is 0 Å². The smallest absolute Gasteiger partial charge is 0.244 e. The standard InChI is InChI=1S/C16H20N4O2.2ClH/c17-15(13-5-2-1-3-6-13)16(21)19-9-10-22-14(11-19)12-20-8-4-7-18-20;;/h1-8,14-15H,9-12,17H2;2*1H. The predicted molar refractivity (Wildman–Crippen MR) is 96.4 cm³/mol. The molecule has 2 aromatic rings. The van der Waals surface area contributed by atoms with Crippen molar-refractivity contribution in [2.24, 2.45) is 5.73 Å². The van der Waals surface area contributed by atoms with Gasteiger partial charge in [0.15, 0.2) is 0 Å². The zero-order valence-corrected chi connectivity index (χ0v) is 14.8. The number of nitrogens with two attached hydrogens (primary N) is 1. The third-order valence-electron chi connectivity index (χ3n) is 3.83. The number of amides is 1. The molecule has 2 N–H and O–H groups in total. The topological polar surface area (TPSA) is 73.4 Å². The van der Waals surface area contributed by atoms with Crippen LogP contribution in [0, 0.1) is 0 Å². The number of carbonyl (C=O) groups excluding carboxylic acids is 1. The minimum Gasteiger partial charge on any atom is -0.373 e. The molecule has 8 heteroatoms. The number of rotatable bonds is 4. The molecule has 3 rings (SSSR count). The van der Waals surface area contributed by atoms with Crippen LogP contribution in [0.2, 0.25) is 0 Å². The van der Waals surface area contributed by atoms with Crippen molar-refractivity contribution in [2.75, 3.05) is 19.7 Å². The summed E-state index contributed by atoms with van der Waals surface area (Å²) >= 11 is 0. The molecule has 0 radical (unpaired) electrons. The van der Waals surface area contributed by atoms with Crippen molar-refractivity contribution in [3.8, 4) is 0 Å². The normalized spacial score (nSPS) is 18.2. The lowest BCUT2D eigenvalue weighted by molar-refractivity contribution is -0.140. The first-order valence-corrected chi connectivity index (χ1v) is 7.42. The fourth-order valence-corrected chi connectivity index (χ4v) is 2.65. The van der Waals surface area contributed by atoms with Crippen LogP contribution in [0.25, 0.3) is 0 Å². The van der Waals surface area contributed by atoms with E-state index in [2.05, 4.69) is 5.10 Å². The average Bonchev–Trinajstić information content (AvgIpc) is 3.07. The molecular weight excluding hydrogens is 351 g/mol. The van der Waals surface area contributed by atoms with Gasteiger partial charge in [-0.25, -0.2) is 0 Å². The lowest BCUT2D eigenvalue weighted by Gasteiger charge is -2.34. The maximum atomic E-state index is 12.6. The fraction of sp³-hybridized carbons (Fsp3) is 0.375. The van der Waals surface area contributed by atoms with Gasteiger partial charge in [0.25, 0.3) is 0 Å². The number of hydrogen-bond donors (Lipinski definition) is 1. The molecule has 0 spiro atoms. The second kappa shape index (κ2) is 9.64. The SMILES string of the molecule is Cl.Cl.NC(C(=O)N1CCOC(Cn2cccn2)C1)c1ccccc1. The Morgan fingerprint density at radius 1 is 1.29 bits per heavy atom. The van der Waals surface area contributed by atoms with Crippen molar-refractivity contribution in [3.63, 3.8) is 0 Å². The molecule has 1 fully saturated rings. The molecule has 1 amide bonds. The van der Waals surface area contributed by atoms with E-state index in [0.717, 1.165) is 5.56 Å². The lowest BCUT2D eigenvalue weighted by atomic mass is 10.1. The van der Waals surface area contributed by atoms with E-state index in [-0.39, 0.29) is 36.8 Å². The summed E-state index contributed by atoms with van der Waals surface area (Å²) in [5.41, 5.74) is 6.94. The quantitative estimate of drug-likeness (QED) is 0.885. The number of hydrogen-bond acceptors (Lipinski definition) is 4. The predicted octanol–water partition coefficient (Wildman–Crippen LogP) is 1.65. The third kappa shape index (κ3) is 4.95. The molecule has 0 aliphatic carbocycles. The molecule has 1 aromatic carbocycles. The van der Waals surface area contributed by atoms with Crippen LogP contribution in [0.3, 0.4) is 0 Å². The summed E-state index contributed by atoms with van der Waals surface area (Å²) in [4.78, 5) is 14.4. The highest BCUT2D eigenvalue weighted by molar-refractivity contribution is 5.85. The summed E-state index contributed by atoms with van der Waals surface area (Å²) < 4.78 is 7.54. The summed E-state index contributed by atoms with van der Waals surface area (Å²) in [5.74, 6) is -0.0556. The Kier molecular flexibility index (Phi) is 8.21. The van der Waals surface area contributed by atoms with E-state index in [1.54, 1.807) is 11.1 Å². The van der Waals surface area contributed by atoms with Gasteiger partial charge in [-0.2, -0.15) is 5.10 Å². The first kappa shape index (κ1) is 20.4. The van der Waals surface area contributed by atoms with Crippen LogP contribution in [-0.4, -0.2) is 46.4 Å². The fourth-order valence-electron chi connectivity index (χ4n) is 2.65. The molecule has 6 nitrogen and oxygen atoms in total. The first-order chi connectivity index (χ1) is 10.7. The summed E-state index contributed by atoms with van der Waals surface area (Å²) in [6.07, 6.45) is 3.57. The Morgan fingerprint density at radius 2 is 2.04 bits per heavy atom. The molecule has 1 saturated heterocycles. The number of carbonyl (C=O) groups is 1. The van der Waals surface area contributed by atoms with Crippen LogP contribution in [-0.2, 0) is 16.1 Å². The Morgan fingerprint density at radius 3 is 2.71 bits per heavy atom. The van der Waals surface area contributed by atoms with Gasteiger partial charge in [0.1, 0.15) is 6.04 Å². The molecule has 2 atom stereocenters. The Bertz CT molecular complexity index is 610. The molecule has 132 valence electrons. The van der Waals surface area contributed by atoms with E-state index >= 15 is 0 Å². The third-order valence-corrected chi connectivity index (χ3v) is 3.83. The lowest BCUT2D eigenvalue weighted by Crippen LogP contribution is -2.49. The van der Waals surface area contributed by atoms with Crippen molar-refractivity contribution >= 4 is 30.7 Å². The van der Waals surface area contributed by atoms with Gasteiger partial charge < -0.3 is 15.4 Å². The van der Waals surface area contributed by atoms with Gasteiger partial charge in [-0.1, -0.05) is 30.3 Å².